The van der Waals surface area contributed by atoms with Crippen LogP contribution in [0.1, 0.15) is 13.1 Å². The molecule has 0 fully saturated rings. The number of hydrogen-bond acceptors (Lipinski definition) is 3. The number of carbonyl (C=O) groups is 1. The summed E-state index contributed by atoms with van der Waals surface area (Å²) in [5, 5.41) is 26.2. The number of hydrogen-bond donors (Lipinski definition) is 3. The van der Waals surface area contributed by atoms with Gasteiger partial charge in [0.15, 0.2) is 6.10 Å². The Hall–Kier alpha value is 0.0464. The molecule has 0 bridgehead atoms. The second-order valence-electron chi connectivity index (χ2n) is 2.33. The first-order chi connectivity index (χ1) is 5.61. The van der Waals surface area contributed by atoms with Crippen molar-refractivity contribution in [1.82, 2.24) is 0 Å². The standard InChI is InChI=1S/C8H8O4.K.H2O.H/c9-6-3-1-5(2-4-6)7(10)8(11)12;;;/h1-4,7,9-10H,(H,11,12);;1H2;/q;+1;;-1/t7-;;;/m1.../s1. The average molecular weight is 226 g/mol. The van der Waals surface area contributed by atoms with E-state index in [0.717, 1.165) is 0 Å². The molecule has 5 nitrogen and oxygen atoms in total. The minimum absolute atomic E-state index is 0. The van der Waals surface area contributed by atoms with Crippen molar-refractivity contribution >= 4 is 5.97 Å². The van der Waals surface area contributed by atoms with Crippen LogP contribution >= 0.6 is 0 Å². The van der Waals surface area contributed by atoms with Crippen molar-refractivity contribution in [3.05, 3.63) is 29.8 Å². The molecule has 0 saturated carbocycles. The van der Waals surface area contributed by atoms with Crippen LogP contribution in [0.15, 0.2) is 24.3 Å². The zero-order chi connectivity index (χ0) is 9.14. The summed E-state index contributed by atoms with van der Waals surface area (Å²) in [7, 11) is 0. The van der Waals surface area contributed by atoms with Crippen LogP contribution in [0.5, 0.6) is 5.75 Å². The third-order valence-electron chi connectivity index (χ3n) is 1.44. The molecule has 5 N–H and O–H groups in total. The van der Waals surface area contributed by atoms with Gasteiger partial charge in [0.05, 0.1) is 0 Å². The summed E-state index contributed by atoms with van der Waals surface area (Å²) in [4.78, 5) is 10.3. The van der Waals surface area contributed by atoms with Crippen molar-refractivity contribution in [2.45, 2.75) is 6.10 Å². The minimum atomic E-state index is -1.52. The number of phenols is 1. The minimum Gasteiger partial charge on any atom is -1.00 e. The third kappa shape index (κ3) is 4.51. The summed E-state index contributed by atoms with van der Waals surface area (Å²) in [6.45, 7) is 0. The Balaban J connectivity index is -0.000000480. The second kappa shape index (κ2) is 7.35. The number of phenolic OH excluding ortho intramolecular Hbond substituents is 1. The summed E-state index contributed by atoms with van der Waals surface area (Å²) < 4.78 is 0. The second-order valence-corrected chi connectivity index (χ2v) is 2.33. The van der Waals surface area contributed by atoms with Gasteiger partial charge in [0.2, 0.25) is 0 Å². The first kappa shape index (κ1) is 16.5. The molecule has 0 radical (unpaired) electrons. The number of aliphatic hydroxyl groups is 1. The van der Waals surface area contributed by atoms with Crippen LogP contribution in [-0.4, -0.2) is 26.8 Å². The van der Waals surface area contributed by atoms with Crippen molar-refractivity contribution in [2.75, 3.05) is 0 Å². The van der Waals surface area contributed by atoms with Crippen LogP contribution in [0.2, 0.25) is 0 Å². The zero-order valence-electron chi connectivity index (χ0n) is 8.64. The molecule has 74 valence electrons. The zero-order valence-corrected chi connectivity index (χ0v) is 10.8. The van der Waals surface area contributed by atoms with Crippen molar-refractivity contribution in [3.8, 4) is 5.75 Å². The van der Waals surface area contributed by atoms with E-state index in [0.29, 0.717) is 0 Å². The van der Waals surface area contributed by atoms with Gasteiger partial charge in [0.1, 0.15) is 5.75 Å². The largest absolute Gasteiger partial charge is 1.00 e. The molecule has 0 aliphatic rings. The van der Waals surface area contributed by atoms with Crippen LogP contribution in [0, 0.1) is 0 Å². The molecule has 1 aromatic rings. The van der Waals surface area contributed by atoms with E-state index in [-0.39, 0.29) is 69.6 Å². The maximum Gasteiger partial charge on any atom is 1.00 e. The predicted octanol–water partition coefficient (Wildman–Crippen LogP) is -3.20. The summed E-state index contributed by atoms with van der Waals surface area (Å²) in [5.41, 5.74) is 0.250. The van der Waals surface area contributed by atoms with E-state index in [1.54, 1.807) is 0 Å². The molecule has 1 atom stereocenters. The van der Waals surface area contributed by atoms with E-state index in [4.69, 9.17) is 15.3 Å². The molecular formula is C8H11KO5. The van der Waals surface area contributed by atoms with Gasteiger partial charge in [-0.2, -0.15) is 0 Å². The third-order valence-corrected chi connectivity index (χ3v) is 1.44. The fourth-order valence-corrected chi connectivity index (χ4v) is 0.799. The molecule has 0 unspecified atom stereocenters. The summed E-state index contributed by atoms with van der Waals surface area (Å²) >= 11 is 0. The van der Waals surface area contributed by atoms with Gasteiger partial charge in [-0.05, 0) is 17.7 Å². The molecular weight excluding hydrogens is 215 g/mol. The Labute approximate surface area is 125 Å². The Morgan fingerprint density at radius 3 is 2.07 bits per heavy atom. The number of rotatable bonds is 2. The molecule has 0 saturated heterocycles. The van der Waals surface area contributed by atoms with E-state index in [9.17, 15) is 4.79 Å². The van der Waals surface area contributed by atoms with Gasteiger partial charge in [-0.15, -0.1) is 0 Å². The number of aliphatic hydroxyl groups excluding tert-OH is 1. The number of aromatic hydroxyl groups is 1. The molecule has 0 spiro atoms. The molecule has 0 aliphatic carbocycles. The van der Waals surface area contributed by atoms with Gasteiger partial charge in [-0.3, -0.25) is 0 Å². The molecule has 0 aromatic heterocycles. The van der Waals surface area contributed by atoms with Crippen LogP contribution in [0.3, 0.4) is 0 Å². The number of benzene rings is 1. The van der Waals surface area contributed by atoms with E-state index in [1.807, 2.05) is 0 Å². The Morgan fingerprint density at radius 1 is 1.29 bits per heavy atom. The fraction of sp³-hybridized carbons (Fsp3) is 0.125. The first-order valence-electron chi connectivity index (χ1n) is 3.31. The van der Waals surface area contributed by atoms with Gasteiger partial charge < -0.3 is 22.2 Å². The predicted molar refractivity (Wildman–Crippen MR) is 45.4 cm³/mol. The van der Waals surface area contributed by atoms with Crippen molar-refractivity contribution in [1.29, 1.82) is 0 Å². The van der Waals surface area contributed by atoms with E-state index >= 15 is 0 Å². The number of carboxylic acids is 1. The van der Waals surface area contributed by atoms with Gasteiger partial charge in [0, 0.05) is 0 Å². The monoisotopic (exact) mass is 226 g/mol. The van der Waals surface area contributed by atoms with Crippen molar-refractivity contribution in [2.24, 2.45) is 0 Å². The SMILES string of the molecule is O.O=C(O)[C@H](O)c1ccc(O)cc1.[H-].[K+]. The van der Waals surface area contributed by atoms with Crippen LogP contribution in [-0.2, 0) is 4.79 Å². The Morgan fingerprint density at radius 2 is 1.71 bits per heavy atom. The summed E-state index contributed by atoms with van der Waals surface area (Å²) in [6, 6.07) is 5.35. The van der Waals surface area contributed by atoms with E-state index < -0.39 is 12.1 Å². The van der Waals surface area contributed by atoms with Gasteiger partial charge in [-0.25, -0.2) is 4.79 Å². The van der Waals surface area contributed by atoms with Gasteiger partial charge in [-0.1, -0.05) is 12.1 Å². The van der Waals surface area contributed by atoms with Crippen molar-refractivity contribution < 1.29 is 78.4 Å². The molecule has 0 heterocycles. The molecule has 6 heteroatoms. The summed E-state index contributed by atoms with van der Waals surface area (Å²) in [6.07, 6.45) is -1.52. The van der Waals surface area contributed by atoms with Gasteiger partial charge in [0.25, 0.3) is 0 Å². The first-order valence-corrected chi connectivity index (χ1v) is 3.31. The normalized spacial score (nSPS) is 10.6. The number of aliphatic carboxylic acids is 1. The van der Waals surface area contributed by atoms with Gasteiger partial charge >= 0.3 is 57.4 Å². The number of carboxylic acid groups (broad SMARTS) is 1. The smallest absolute Gasteiger partial charge is 1.00 e. The Bertz CT molecular complexity index is 290. The van der Waals surface area contributed by atoms with Crippen LogP contribution < -0.4 is 51.4 Å². The molecule has 14 heavy (non-hydrogen) atoms. The van der Waals surface area contributed by atoms with Crippen molar-refractivity contribution in [3.63, 3.8) is 0 Å². The van der Waals surface area contributed by atoms with E-state index in [1.165, 1.54) is 24.3 Å². The maximum absolute atomic E-state index is 10.3. The quantitative estimate of drug-likeness (QED) is 0.461. The molecule has 1 rings (SSSR count). The topological polar surface area (TPSA) is 109 Å². The van der Waals surface area contributed by atoms with E-state index in [2.05, 4.69) is 0 Å². The molecule has 1 aromatic carbocycles. The van der Waals surface area contributed by atoms with Crippen LogP contribution in [0.25, 0.3) is 0 Å². The Kier molecular flexibility index (Phi) is 8.65. The molecule has 0 aliphatic heterocycles. The molecule has 0 amide bonds. The maximum atomic E-state index is 10.3. The fourth-order valence-electron chi connectivity index (χ4n) is 0.799. The van der Waals surface area contributed by atoms with Crippen LogP contribution in [0.4, 0.5) is 0 Å². The average Bonchev–Trinajstić information content (AvgIpc) is 2.04. The summed E-state index contributed by atoms with van der Waals surface area (Å²) in [5.74, 6) is -1.27.